The first-order chi connectivity index (χ1) is 12.7. The van der Waals surface area contributed by atoms with Gasteiger partial charge in [0.25, 0.3) is 5.91 Å². The van der Waals surface area contributed by atoms with Crippen molar-refractivity contribution in [2.45, 2.75) is 6.61 Å². The molecular formula is C21H20N2O3. The van der Waals surface area contributed by atoms with E-state index in [4.69, 9.17) is 9.57 Å². The number of oxime groups is 1. The summed E-state index contributed by atoms with van der Waals surface area (Å²) in [6, 6.07) is 21.5. The molecular weight excluding hydrogens is 328 g/mol. The summed E-state index contributed by atoms with van der Waals surface area (Å²) in [5, 5.41) is 8.62. The smallest absolute Gasteiger partial charge is 0.273 e. The fourth-order valence-electron chi connectivity index (χ4n) is 2.78. The first kappa shape index (κ1) is 17.5. The zero-order chi connectivity index (χ0) is 18.4. The van der Waals surface area contributed by atoms with Crippen LogP contribution in [-0.4, -0.2) is 25.8 Å². The van der Waals surface area contributed by atoms with Crippen LogP contribution in [0, 0.1) is 0 Å². The molecule has 3 aromatic carbocycles. The highest BCUT2D eigenvalue weighted by Gasteiger charge is 2.17. The van der Waals surface area contributed by atoms with Crippen LogP contribution in [0.3, 0.4) is 0 Å². The molecule has 132 valence electrons. The van der Waals surface area contributed by atoms with E-state index >= 15 is 0 Å². The number of fused-ring (bicyclic) bond motifs is 1. The van der Waals surface area contributed by atoms with E-state index in [9.17, 15) is 4.79 Å². The van der Waals surface area contributed by atoms with Crippen molar-refractivity contribution in [2.24, 2.45) is 5.16 Å². The van der Waals surface area contributed by atoms with Gasteiger partial charge < -0.3 is 14.9 Å². The number of amides is 1. The highest BCUT2D eigenvalue weighted by molar-refractivity contribution is 6.45. The number of nitrogens with zero attached hydrogens (tertiary/aromatic N) is 1. The number of carbonyl (C=O) groups excluding carboxylic acids is 1. The zero-order valence-corrected chi connectivity index (χ0v) is 14.7. The molecule has 0 saturated heterocycles. The molecule has 0 heterocycles. The lowest BCUT2D eigenvalue weighted by Gasteiger charge is -2.13. The Labute approximate surface area is 152 Å². The Morgan fingerprint density at radius 3 is 2.54 bits per heavy atom. The van der Waals surface area contributed by atoms with E-state index < -0.39 is 0 Å². The highest BCUT2D eigenvalue weighted by atomic mass is 16.6. The summed E-state index contributed by atoms with van der Waals surface area (Å²) in [6.45, 7) is 0.309. The number of benzene rings is 3. The number of carbonyl (C=O) groups is 1. The molecule has 3 aromatic rings. The minimum Gasteiger partial charge on any atom is -0.488 e. The van der Waals surface area contributed by atoms with Gasteiger partial charge in [0.15, 0.2) is 5.71 Å². The van der Waals surface area contributed by atoms with Crippen molar-refractivity contribution < 1.29 is 14.4 Å². The Morgan fingerprint density at radius 1 is 1.00 bits per heavy atom. The van der Waals surface area contributed by atoms with Crippen molar-refractivity contribution in [3.05, 3.63) is 77.9 Å². The zero-order valence-electron chi connectivity index (χ0n) is 14.7. The van der Waals surface area contributed by atoms with Gasteiger partial charge in [-0.3, -0.25) is 4.79 Å². The molecule has 0 aliphatic carbocycles. The molecule has 0 fully saturated rings. The Morgan fingerprint density at radius 2 is 1.73 bits per heavy atom. The quantitative estimate of drug-likeness (QED) is 0.548. The summed E-state index contributed by atoms with van der Waals surface area (Å²) >= 11 is 0. The fraction of sp³-hybridized carbons (Fsp3) is 0.143. The first-order valence-electron chi connectivity index (χ1n) is 8.26. The Kier molecular flexibility index (Phi) is 5.49. The first-order valence-corrected chi connectivity index (χ1v) is 8.26. The van der Waals surface area contributed by atoms with Gasteiger partial charge in [0.05, 0.1) is 0 Å². The molecule has 0 atom stereocenters. The van der Waals surface area contributed by atoms with Gasteiger partial charge in [-0.15, -0.1) is 0 Å². The van der Waals surface area contributed by atoms with E-state index in [1.165, 1.54) is 7.11 Å². The van der Waals surface area contributed by atoms with Crippen molar-refractivity contribution in [1.82, 2.24) is 5.32 Å². The lowest BCUT2D eigenvalue weighted by atomic mass is 10.0. The Balaban J connectivity index is 1.91. The Hall–Kier alpha value is -3.34. The minimum absolute atomic E-state index is 0.215. The molecule has 0 aromatic heterocycles. The van der Waals surface area contributed by atoms with Crippen LogP contribution in [-0.2, 0) is 16.2 Å². The fourth-order valence-corrected chi connectivity index (χ4v) is 2.78. The third-order valence-corrected chi connectivity index (χ3v) is 4.03. The van der Waals surface area contributed by atoms with Crippen molar-refractivity contribution in [3.8, 4) is 5.75 Å². The van der Waals surface area contributed by atoms with E-state index in [0.717, 1.165) is 22.1 Å². The minimum atomic E-state index is -0.315. The highest BCUT2D eigenvalue weighted by Crippen LogP contribution is 2.26. The average Bonchev–Trinajstić information content (AvgIpc) is 2.70. The second-order valence-electron chi connectivity index (χ2n) is 5.62. The van der Waals surface area contributed by atoms with E-state index in [0.29, 0.717) is 12.2 Å². The molecule has 0 spiro atoms. The van der Waals surface area contributed by atoms with Gasteiger partial charge in [-0.2, -0.15) is 0 Å². The predicted octanol–water partition coefficient (Wildman–Crippen LogP) is 3.52. The summed E-state index contributed by atoms with van der Waals surface area (Å²) in [5.74, 6) is 0.479. The van der Waals surface area contributed by atoms with Gasteiger partial charge in [0.1, 0.15) is 19.5 Å². The van der Waals surface area contributed by atoms with Crippen LogP contribution >= 0.6 is 0 Å². The van der Waals surface area contributed by atoms with Gasteiger partial charge in [-0.25, -0.2) is 0 Å². The third-order valence-electron chi connectivity index (χ3n) is 4.03. The Bertz CT molecular complexity index is 945. The molecule has 0 radical (unpaired) electrons. The van der Waals surface area contributed by atoms with Crippen LogP contribution < -0.4 is 10.1 Å². The summed E-state index contributed by atoms with van der Waals surface area (Å²) in [4.78, 5) is 17.0. The number of rotatable bonds is 6. The summed E-state index contributed by atoms with van der Waals surface area (Å²) < 4.78 is 6.06. The van der Waals surface area contributed by atoms with Crippen molar-refractivity contribution in [2.75, 3.05) is 14.2 Å². The molecule has 0 aliphatic rings. The average molecular weight is 348 g/mol. The van der Waals surface area contributed by atoms with Gasteiger partial charge >= 0.3 is 0 Å². The SMILES string of the molecule is CNC(=O)C(=NOC)c1ccccc1COc1cccc2ccccc12. The second-order valence-corrected chi connectivity index (χ2v) is 5.62. The maximum absolute atomic E-state index is 12.1. The van der Waals surface area contributed by atoms with Crippen LogP contribution in [0.1, 0.15) is 11.1 Å². The standard InChI is InChI=1S/C21H20N2O3/c1-22-21(24)20(23-25-2)18-12-6-4-9-16(18)14-26-19-13-7-10-15-8-3-5-11-17(15)19/h3-13H,14H2,1-2H3,(H,22,24). The van der Waals surface area contributed by atoms with Crippen LogP contribution in [0.5, 0.6) is 5.75 Å². The van der Waals surface area contributed by atoms with Crippen molar-refractivity contribution >= 4 is 22.4 Å². The molecule has 26 heavy (non-hydrogen) atoms. The maximum Gasteiger partial charge on any atom is 0.273 e. The van der Waals surface area contributed by atoms with E-state index in [-0.39, 0.29) is 11.6 Å². The molecule has 3 rings (SSSR count). The molecule has 0 unspecified atom stereocenters. The topological polar surface area (TPSA) is 59.9 Å². The predicted molar refractivity (Wildman–Crippen MR) is 102 cm³/mol. The van der Waals surface area contributed by atoms with Crippen molar-refractivity contribution in [1.29, 1.82) is 0 Å². The van der Waals surface area contributed by atoms with Crippen LogP contribution in [0.4, 0.5) is 0 Å². The second kappa shape index (κ2) is 8.16. The lowest BCUT2D eigenvalue weighted by molar-refractivity contribution is -0.114. The molecule has 5 heteroatoms. The molecule has 1 amide bonds. The van der Waals surface area contributed by atoms with Gasteiger partial charge in [0.2, 0.25) is 0 Å². The number of hydrogen-bond donors (Lipinski definition) is 1. The molecule has 0 saturated carbocycles. The summed E-state index contributed by atoms with van der Waals surface area (Å²) in [7, 11) is 2.97. The number of hydrogen-bond acceptors (Lipinski definition) is 4. The lowest BCUT2D eigenvalue weighted by Crippen LogP contribution is -2.29. The monoisotopic (exact) mass is 348 g/mol. The van der Waals surface area contributed by atoms with Gasteiger partial charge in [-0.1, -0.05) is 65.8 Å². The van der Waals surface area contributed by atoms with Gasteiger partial charge in [-0.05, 0) is 17.0 Å². The number of likely N-dealkylation sites (N-methyl/N-ethyl adjacent to an activating group) is 1. The summed E-state index contributed by atoms with van der Waals surface area (Å²) in [6.07, 6.45) is 0. The third kappa shape index (κ3) is 3.67. The molecule has 0 bridgehead atoms. The van der Waals surface area contributed by atoms with Crippen LogP contribution in [0.25, 0.3) is 10.8 Å². The maximum atomic E-state index is 12.1. The number of ether oxygens (including phenoxy) is 1. The van der Waals surface area contributed by atoms with Crippen molar-refractivity contribution in [3.63, 3.8) is 0 Å². The molecule has 0 aliphatic heterocycles. The van der Waals surface area contributed by atoms with Crippen LogP contribution in [0.2, 0.25) is 0 Å². The largest absolute Gasteiger partial charge is 0.488 e. The van der Waals surface area contributed by atoms with E-state index in [1.807, 2.05) is 66.7 Å². The summed E-state index contributed by atoms with van der Waals surface area (Å²) in [5.41, 5.74) is 1.74. The molecule has 5 nitrogen and oxygen atoms in total. The van der Waals surface area contributed by atoms with Crippen LogP contribution in [0.15, 0.2) is 71.9 Å². The van der Waals surface area contributed by atoms with Gasteiger partial charge in [0, 0.05) is 18.0 Å². The normalized spacial score (nSPS) is 11.2. The number of nitrogens with one attached hydrogen (secondary N) is 1. The van der Waals surface area contributed by atoms with E-state index in [2.05, 4.69) is 10.5 Å². The molecule has 1 N–H and O–H groups in total. The van der Waals surface area contributed by atoms with E-state index in [1.54, 1.807) is 7.05 Å².